The molecular weight excluding hydrogens is 254 g/mol. The third-order valence-corrected chi connectivity index (χ3v) is 3.86. The molecule has 0 atom stereocenters. The zero-order valence-corrected chi connectivity index (χ0v) is 12.1. The minimum atomic E-state index is 0.240. The molecule has 4 heteroatoms. The molecule has 2 fully saturated rings. The molecule has 2 aliphatic rings. The van der Waals surface area contributed by atoms with Crippen LogP contribution in [0.25, 0.3) is 0 Å². The highest BCUT2D eigenvalue weighted by molar-refractivity contribution is 5.43. The number of benzene rings is 1. The van der Waals surface area contributed by atoms with E-state index in [-0.39, 0.29) is 6.10 Å². The van der Waals surface area contributed by atoms with E-state index in [0.29, 0.717) is 0 Å². The molecule has 110 valence electrons. The summed E-state index contributed by atoms with van der Waals surface area (Å²) in [4.78, 5) is 0. The predicted molar refractivity (Wildman–Crippen MR) is 77.3 cm³/mol. The van der Waals surface area contributed by atoms with Crippen LogP contribution in [-0.4, -0.2) is 32.5 Å². The largest absolute Gasteiger partial charge is 0.493 e. The van der Waals surface area contributed by atoms with Crippen molar-refractivity contribution in [2.24, 2.45) is 0 Å². The molecule has 1 aromatic rings. The lowest BCUT2D eigenvalue weighted by atomic mass is 10.1. The van der Waals surface area contributed by atoms with E-state index in [1.54, 1.807) is 7.11 Å². The molecule has 0 unspecified atom stereocenters. The summed E-state index contributed by atoms with van der Waals surface area (Å²) in [6.45, 7) is 2.48. The Balaban J connectivity index is 1.66. The molecule has 0 bridgehead atoms. The summed E-state index contributed by atoms with van der Waals surface area (Å²) in [6.07, 6.45) is 4.76. The first-order valence-electron chi connectivity index (χ1n) is 7.50. The number of rotatable bonds is 6. The first-order valence-corrected chi connectivity index (χ1v) is 7.50. The van der Waals surface area contributed by atoms with Gasteiger partial charge in [-0.25, -0.2) is 0 Å². The maximum atomic E-state index is 6.11. The second-order valence-electron chi connectivity index (χ2n) is 5.57. The Labute approximate surface area is 120 Å². The van der Waals surface area contributed by atoms with E-state index < -0.39 is 0 Å². The van der Waals surface area contributed by atoms with Crippen LogP contribution in [0.5, 0.6) is 11.5 Å². The lowest BCUT2D eigenvalue weighted by Crippen LogP contribution is -2.26. The lowest BCUT2D eigenvalue weighted by molar-refractivity contribution is 0.0245. The molecule has 20 heavy (non-hydrogen) atoms. The topological polar surface area (TPSA) is 39.7 Å². The van der Waals surface area contributed by atoms with Gasteiger partial charge in [0.1, 0.15) is 6.10 Å². The van der Waals surface area contributed by atoms with Gasteiger partial charge in [0, 0.05) is 25.4 Å². The van der Waals surface area contributed by atoms with Gasteiger partial charge in [-0.05, 0) is 30.5 Å². The van der Waals surface area contributed by atoms with E-state index in [1.807, 2.05) is 6.07 Å². The van der Waals surface area contributed by atoms with E-state index in [4.69, 9.17) is 14.2 Å². The fourth-order valence-electron chi connectivity index (χ4n) is 2.45. The summed E-state index contributed by atoms with van der Waals surface area (Å²) >= 11 is 0. The highest BCUT2D eigenvalue weighted by Crippen LogP contribution is 2.31. The standard InChI is InChI=1S/C16H23NO3/c1-18-15-5-2-12(11-17-13-3-4-13)10-16(15)20-14-6-8-19-9-7-14/h2,5,10,13-14,17H,3-4,6-9,11H2,1H3. The molecule has 1 aliphatic carbocycles. The van der Waals surface area contributed by atoms with Crippen LogP contribution in [0.3, 0.4) is 0 Å². The zero-order valence-electron chi connectivity index (χ0n) is 12.1. The molecule has 1 aromatic carbocycles. The van der Waals surface area contributed by atoms with E-state index in [2.05, 4.69) is 17.4 Å². The van der Waals surface area contributed by atoms with Gasteiger partial charge in [-0.1, -0.05) is 6.07 Å². The van der Waals surface area contributed by atoms with E-state index in [0.717, 1.165) is 50.1 Å². The Kier molecular flexibility index (Phi) is 4.43. The van der Waals surface area contributed by atoms with Crippen LogP contribution in [0, 0.1) is 0 Å². The van der Waals surface area contributed by atoms with Crippen LogP contribution in [0.4, 0.5) is 0 Å². The Bertz CT molecular complexity index is 439. The quantitative estimate of drug-likeness (QED) is 0.867. The Morgan fingerprint density at radius 2 is 1.95 bits per heavy atom. The molecule has 1 heterocycles. The summed E-state index contributed by atoms with van der Waals surface area (Å²) < 4.78 is 16.9. The van der Waals surface area contributed by atoms with Crippen molar-refractivity contribution in [2.75, 3.05) is 20.3 Å². The maximum Gasteiger partial charge on any atom is 0.161 e. The van der Waals surface area contributed by atoms with Gasteiger partial charge in [0.05, 0.1) is 20.3 Å². The van der Waals surface area contributed by atoms with Crippen molar-refractivity contribution in [3.05, 3.63) is 23.8 Å². The van der Waals surface area contributed by atoms with Gasteiger partial charge in [-0.3, -0.25) is 0 Å². The number of ether oxygens (including phenoxy) is 3. The number of hydrogen-bond donors (Lipinski definition) is 1. The lowest BCUT2D eigenvalue weighted by Gasteiger charge is -2.24. The molecule has 0 spiro atoms. The van der Waals surface area contributed by atoms with Gasteiger partial charge < -0.3 is 19.5 Å². The van der Waals surface area contributed by atoms with Gasteiger partial charge in [0.25, 0.3) is 0 Å². The second-order valence-corrected chi connectivity index (χ2v) is 5.57. The minimum absolute atomic E-state index is 0.240. The average Bonchev–Trinajstić information content (AvgIpc) is 3.31. The summed E-state index contributed by atoms with van der Waals surface area (Å²) in [6, 6.07) is 6.92. The second kappa shape index (κ2) is 6.46. The van der Waals surface area contributed by atoms with Gasteiger partial charge in [0.15, 0.2) is 11.5 Å². The molecule has 1 aliphatic heterocycles. The normalized spacial score (nSPS) is 19.9. The molecular formula is C16H23NO3. The van der Waals surface area contributed by atoms with E-state index in [1.165, 1.54) is 18.4 Å². The highest BCUT2D eigenvalue weighted by Gasteiger charge is 2.21. The van der Waals surface area contributed by atoms with Crippen LogP contribution in [0.15, 0.2) is 18.2 Å². The SMILES string of the molecule is COc1ccc(CNC2CC2)cc1OC1CCOCC1. The Morgan fingerprint density at radius 3 is 2.65 bits per heavy atom. The smallest absolute Gasteiger partial charge is 0.161 e. The molecule has 3 rings (SSSR count). The fourth-order valence-corrected chi connectivity index (χ4v) is 2.45. The molecule has 4 nitrogen and oxygen atoms in total. The molecule has 1 saturated heterocycles. The summed E-state index contributed by atoms with van der Waals surface area (Å²) in [5, 5.41) is 3.52. The van der Waals surface area contributed by atoms with Crippen LogP contribution < -0.4 is 14.8 Å². The molecule has 0 amide bonds. The van der Waals surface area contributed by atoms with Gasteiger partial charge in [0.2, 0.25) is 0 Å². The molecule has 0 radical (unpaired) electrons. The third kappa shape index (κ3) is 3.64. The Morgan fingerprint density at radius 1 is 1.15 bits per heavy atom. The monoisotopic (exact) mass is 277 g/mol. The molecule has 0 aromatic heterocycles. The third-order valence-electron chi connectivity index (χ3n) is 3.86. The van der Waals surface area contributed by atoms with Crippen molar-refractivity contribution in [3.8, 4) is 11.5 Å². The number of nitrogens with one attached hydrogen (secondary N) is 1. The van der Waals surface area contributed by atoms with Crippen molar-refractivity contribution >= 4 is 0 Å². The van der Waals surface area contributed by atoms with Gasteiger partial charge >= 0.3 is 0 Å². The first kappa shape index (κ1) is 13.7. The van der Waals surface area contributed by atoms with Crippen LogP contribution in [0.1, 0.15) is 31.2 Å². The van der Waals surface area contributed by atoms with Crippen LogP contribution in [-0.2, 0) is 11.3 Å². The minimum Gasteiger partial charge on any atom is -0.493 e. The van der Waals surface area contributed by atoms with Crippen molar-refractivity contribution in [2.45, 2.75) is 44.4 Å². The predicted octanol–water partition coefficient (Wildman–Crippen LogP) is 2.51. The highest BCUT2D eigenvalue weighted by atomic mass is 16.5. The average molecular weight is 277 g/mol. The van der Waals surface area contributed by atoms with Crippen molar-refractivity contribution in [3.63, 3.8) is 0 Å². The maximum absolute atomic E-state index is 6.11. The summed E-state index contributed by atoms with van der Waals surface area (Å²) in [5.74, 6) is 1.67. The van der Waals surface area contributed by atoms with Gasteiger partial charge in [-0.15, -0.1) is 0 Å². The fraction of sp³-hybridized carbons (Fsp3) is 0.625. The number of hydrogen-bond acceptors (Lipinski definition) is 4. The van der Waals surface area contributed by atoms with Crippen LogP contribution >= 0.6 is 0 Å². The number of methoxy groups -OCH3 is 1. The van der Waals surface area contributed by atoms with Crippen molar-refractivity contribution in [1.29, 1.82) is 0 Å². The van der Waals surface area contributed by atoms with Crippen molar-refractivity contribution < 1.29 is 14.2 Å². The van der Waals surface area contributed by atoms with E-state index in [9.17, 15) is 0 Å². The molecule has 1 N–H and O–H groups in total. The van der Waals surface area contributed by atoms with Crippen LogP contribution in [0.2, 0.25) is 0 Å². The summed E-state index contributed by atoms with van der Waals surface area (Å²) in [5.41, 5.74) is 1.25. The van der Waals surface area contributed by atoms with Crippen molar-refractivity contribution in [1.82, 2.24) is 5.32 Å². The summed E-state index contributed by atoms with van der Waals surface area (Å²) in [7, 11) is 1.69. The van der Waals surface area contributed by atoms with Gasteiger partial charge in [-0.2, -0.15) is 0 Å². The Hall–Kier alpha value is -1.26. The van der Waals surface area contributed by atoms with E-state index >= 15 is 0 Å². The molecule has 1 saturated carbocycles. The zero-order chi connectivity index (χ0) is 13.8. The first-order chi connectivity index (χ1) is 9.85.